The summed E-state index contributed by atoms with van der Waals surface area (Å²) in [5.74, 6) is 0.616. The van der Waals surface area contributed by atoms with E-state index in [1.165, 1.54) is 6.42 Å². The maximum Gasteiger partial charge on any atom is 0.211 e. The van der Waals surface area contributed by atoms with Gasteiger partial charge in [-0.05, 0) is 42.0 Å². The number of rotatable bonds is 7. The Morgan fingerprint density at radius 1 is 1.35 bits per heavy atom. The first-order valence-corrected chi connectivity index (χ1v) is 7.39. The van der Waals surface area contributed by atoms with E-state index in [1.54, 1.807) is 6.07 Å². The molecule has 112 valence electrons. The van der Waals surface area contributed by atoms with Crippen molar-refractivity contribution in [3.63, 3.8) is 0 Å². The molecule has 0 aliphatic rings. The fourth-order valence-electron chi connectivity index (χ4n) is 2.47. The van der Waals surface area contributed by atoms with Crippen molar-refractivity contribution in [1.82, 2.24) is 5.32 Å². The maximum atomic E-state index is 10.6. The Morgan fingerprint density at radius 3 is 2.65 bits per heavy atom. The molecule has 0 bridgehead atoms. The van der Waals surface area contributed by atoms with E-state index in [0.717, 1.165) is 24.3 Å². The van der Waals surface area contributed by atoms with Crippen LogP contribution in [-0.4, -0.2) is 13.0 Å². The molecule has 0 saturated heterocycles. The quantitative estimate of drug-likeness (QED) is 0.745. The third kappa shape index (κ3) is 6.40. The van der Waals surface area contributed by atoms with E-state index >= 15 is 0 Å². The summed E-state index contributed by atoms with van der Waals surface area (Å²) in [6.45, 7) is 10.7. The highest BCUT2D eigenvalue weighted by Crippen LogP contribution is 2.24. The molecule has 1 amide bonds. The molecule has 2 N–H and O–H groups in total. The summed E-state index contributed by atoms with van der Waals surface area (Å²) in [7, 11) is 0. The SMILES string of the molecule is CC(CNCc1ccc(Cl)cc1NC=O)CC(C)(C)C. The number of hydrogen-bond donors (Lipinski definition) is 2. The number of amides is 1. The molecule has 0 aliphatic carbocycles. The zero-order valence-corrected chi connectivity index (χ0v) is 13.6. The van der Waals surface area contributed by atoms with Gasteiger partial charge in [0.25, 0.3) is 0 Å². The highest BCUT2D eigenvalue weighted by atomic mass is 35.5. The van der Waals surface area contributed by atoms with Gasteiger partial charge in [-0.25, -0.2) is 0 Å². The van der Waals surface area contributed by atoms with Crippen LogP contribution in [0.15, 0.2) is 18.2 Å². The molecule has 1 aromatic carbocycles. The van der Waals surface area contributed by atoms with Crippen molar-refractivity contribution >= 4 is 23.7 Å². The van der Waals surface area contributed by atoms with Gasteiger partial charge in [0, 0.05) is 17.3 Å². The largest absolute Gasteiger partial charge is 0.328 e. The molecule has 1 unspecified atom stereocenters. The molecule has 0 saturated carbocycles. The van der Waals surface area contributed by atoms with Crippen LogP contribution in [0, 0.1) is 11.3 Å². The van der Waals surface area contributed by atoms with Gasteiger partial charge in [-0.1, -0.05) is 45.4 Å². The first-order valence-electron chi connectivity index (χ1n) is 7.01. The second-order valence-corrected chi connectivity index (χ2v) is 7.00. The molecule has 0 spiro atoms. The number of carbonyl (C=O) groups excluding carboxylic acids is 1. The van der Waals surface area contributed by atoms with Crippen LogP contribution in [0.4, 0.5) is 5.69 Å². The fraction of sp³-hybridized carbons (Fsp3) is 0.562. The predicted octanol–water partition coefficient (Wildman–Crippen LogP) is 4.07. The molecule has 0 aliphatic heterocycles. The van der Waals surface area contributed by atoms with Crippen LogP contribution in [0.5, 0.6) is 0 Å². The first-order chi connectivity index (χ1) is 9.31. The lowest BCUT2D eigenvalue weighted by atomic mass is 9.85. The van der Waals surface area contributed by atoms with Gasteiger partial charge < -0.3 is 10.6 Å². The van der Waals surface area contributed by atoms with Crippen molar-refractivity contribution in [3.8, 4) is 0 Å². The molecule has 20 heavy (non-hydrogen) atoms. The van der Waals surface area contributed by atoms with Crippen molar-refractivity contribution < 1.29 is 4.79 Å². The highest BCUT2D eigenvalue weighted by Gasteiger charge is 2.15. The third-order valence-electron chi connectivity index (χ3n) is 3.06. The van der Waals surface area contributed by atoms with Crippen LogP contribution in [0.25, 0.3) is 0 Å². The van der Waals surface area contributed by atoms with E-state index in [2.05, 4.69) is 38.3 Å². The van der Waals surface area contributed by atoms with Crippen LogP contribution in [0.2, 0.25) is 5.02 Å². The van der Waals surface area contributed by atoms with Crippen molar-refractivity contribution in [3.05, 3.63) is 28.8 Å². The van der Waals surface area contributed by atoms with Crippen LogP contribution < -0.4 is 10.6 Å². The summed E-state index contributed by atoms with van der Waals surface area (Å²) in [5, 5.41) is 6.76. The van der Waals surface area contributed by atoms with Gasteiger partial charge in [0.2, 0.25) is 6.41 Å². The Bertz CT molecular complexity index is 441. The average Bonchev–Trinajstić information content (AvgIpc) is 2.30. The topological polar surface area (TPSA) is 41.1 Å². The van der Waals surface area contributed by atoms with Gasteiger partial charge in [-0.3, -0.25) is 4.79 Å². The number of carbonyl (C=O) groups is 1. The number of benzene rings is 1. The molecule has 0 heterocycles. The molecular weight excluding hydrogens is 272 g/mol. The minimum absolute atomic E-state index is 0.353. The van der Waals surface area contributed by atoms with E-state index < -0.39 is 0 Å². The van der Waals surface area contributed by atoms with Crippen molar-refractivity contribution in [2.75, 3.05) is 11.9 Å². The lowest BCUT2D eigenvalue weighted by molar-refractivity contribution is -0.105. The van der Waals surface area contributed by atoms with E-state index in [1.807, 2.05) is 12.1 Å². The predicted molar refractivity (Wildman–Crippen MR) is 86.1 cm³/mol. The standard InChI is InChI=1S/C16H25ClN2O/c1-12(8-16(2,3)4)9-18-10-13-5-6-14(17)7-15(13)19-11-20/h5-7,11-12,18H,8-10H2,1-4H3,(H,19,20). The highest BCUT2D eigenvalue weighted by molar-refractivity contribution is 6.30. The van der Waals surface area contributed by atoms with Gasteiger partial charge in [-0.2, -0.15) is 0 Å². The number of anilines is 1. The lowest BCUT2D eigenvalue weighted by Gasteiger charge is -2.23. The minimum Gasteiger partial charge on any atom is -0.328 e. The monoisotopic (exact) mass is 296 g/mol. The zero-order chi connectivity index (χ0) is 15.2. The number of hydrogen-bond acceptors (Lipinski definition) is 2. The van der Waals surface area contributed by atoms with Gasteiger partial charge >= 0.3 is 0 Å². The van der Waals surface area contributed by atoms with E-state index in [4.69, 9.17) is 11.6 Å². The Labute approximate surface area is 127 Å². The smallest absolute Gasteiger partial charge is 0.211 e. The third-order valence-corrected chi connectivity index (χ3v) is 3.29. The molecule has 4 heteroatoms. The zero-order valence-electron chi connectivity index (χ0n) is 12.8. The summed E-state index contributed by atoms with van der Waals surface area (Å²) in [5.41, 5.74) is 2.17. The fourth-order valence-corrected chi connectivity index (χ4v) is 2.64. The summed E-state index contributed by atoms with van der Waals surface area (Å²) in [4.78, 5) is 10.6. The maximum absolute atomic E-state index is 10.6. The Morgan fingerprint density at radius 2 is 2.05 bits per heavy atom. The lowest BCUT2D eigenvalue weighted by Crippen LogP contribution is -2.24. The summed E-state index contributed by atoms with van der Waals surface area (Å²) in [6.07, 6.45) is 1.86. The Hall–Kier alpha value is -1.06. The molecule has 0 fully saturated rings. The molecule has 3 nitrogen and oxygen atoms in total. The normalized spacial score (nSPS) is 13.1. The molecule has 1 aromatic rings. The Kier molecular flexibility index (Phi) is 6.50. The van der Waals surface area contributed by atoms with Crippen molar-refractivity contribution in [2.45, 2.75) is 40.7 Å². The van der Waals surface area contributed by atoms with E-state index in [0.29, 0.717) is 22.8 Å². The van der Waals surface area contributed by atoms with Gasteiger partial charge in [-0.15, -0.1) is 0 Å². The Balaban J connectivity index is 2.51. The second kappa shape index (κ2) is 7.65. The molecular formula is C16H25ClN2O. The van der Waals surface area contributed by atoms with E-state index in [-0.39, 0.29) is 0 Å². The van der Waals surface area contributed by atoms with Crippen molar-refractivity contribution in [1.29, 1.82) is 0 Å². The molecule has 1 atom stereocenters. The first kappa shape index (κ1) is 17.0. The van der Waals surface area contributed by atoms with Crippen LogP contribution in [0.3, 0.4) is 0 Å². The van der Waals surface area contributed by atoms with E-state index in [9.17, 15) is 4.79 Å². The van der Waals surface area contributed by atoms with Crippen molar-refractivity contribution in [2.24, 2.45) is 11.3 Å². The molecule has 0 aromatic heterocycles. The number of halogens is 1. The van der Waals surface area contributed by atoms with Gasteiger partial charge in [0.05, 0.1) is 0 Å². The average molecular weight is 297 g/mol. The summed E-state index contributed by atoms with van der Waals surface area (Å²) in [6, 6.07) is 5.55. The minimum atomic E-state index is 0.353. The van der Waals surface area contributed by atoms with Crippen LogP contribution >= 0.6 is 11.6 Å². The molecule has 0 radical (unpaired) electrons. The number of nitrogens with one attached hydrogen (secondary N) is 2. The van der Waals surface area contributed by atoms with Gasteiger partial charge in [0.1, 0.15) is 0 Å². The van der Waals surface area contributed by atoms with Gasteiger partial charge in [0.15, 0.2) is 0 Å². The second-order valence-electron chi connectivity index (χ2n) is 6.56. The summed E-state index contributed by atoms with van der Waals surface area (Å²) < 4.78 is 0. The van der Waals surface area contributed by atoms with Crippen LogP contribution in [-0.2, 0) is 11.3 Å². The molecule has 1 rings (SSSR count). The summed E-state index contributed by atoms with van der Waals surface area (Å²) >= 11 is 5.93. The van der Waals surface area contributed by atoms with Crippen LogP contribution in [0.1, 0.15) is 39.7 Å².